The number of carbonyl (C=O) groups excluding carboxylic acids is 7. The lowest BCUT2D eigenvalue weighted by atomic mass is 9.71. The van der Waals surface area contributed by atoms with E-state index in [0.717, 1.165) is 27.9 Å². The lowest BCUT2D eigenvalue weighted by molar-refractivity contribution is -0.314. The average molecular weight is 598 g/mol. The number of rotatable bonds is 9. The SMILES string of the molecule is COC(=O)C1OC(OC(CC2CC(=O)NC(=O)C2)C2CC(C)CC(C)C2=O)C(OC(C)=O)C(OC(C)=O)C1OC(C)=O. The first-order valence-corrected chi connectivity index (χ1v) is 14.0. The zero-order valence-electron chi connectivity index (χ0n) is 24.6. The van der Waals surface area contributed by atoms with Gasteiger partial charge in [0, 0.05) is 45.4 Å². The summed E-state index contributed by atoms with van der Waals surface area (Å²) in [5.41, 5.74) is 0. The molecule has 234 valence electrons. The fourth-order valence-electron chi connectivity index (χ4n) is 6.09. The molecule has 3 rings (SSSR count). The van der Waals surface area contributed by atoms with Crippen molar-refractivity contribution >= 4 is 41.5 Å². The number of nitrogens with one attached hydrogen (secondary N) is 1. The van der Waals surface area contributed by atoms with Crippen LogP contribution in [0.1, 0.15) is 66.7 Å². The van der Waals surface area contributed by atoms with Crippen LogP contribution >= 0.6 is 0 Å². The van der Waals surface area contributed by atoms with E-state index in [-0.39, 0.29) is 36.9 Å². The lowest BCUT2D eigenvalue weighted by Crippen LogP contribution is -2.64. The van der Waals surface area contributed by atoms with Crippen molar-refractivity contribution < 1.29 is 62.0 Å². The maximum atomic E-state index is 13.4. The molecule has 3 aliphatic rings. The first kappa shape index (κ1) is 33.1. The van der Waals surface area contributed by atoms with Crippen LogP contribution in [0.25, 0.3) is 0 Å². The largest absolute Gasteiger partial charge is 0.467 e. The Morgan fingerprint density at radius 2 is 1.40 bits per heavy atom. The molecule has 0 spiro atoms. The molecule has 0 aromatic heterocycles. The van der Waals surface area contributed by atoms with Crippen LogP contribution in [0.2, 0.25) is 0 Å². The third-order valence-corrected chi connectivity index (χ3v) is 7.65. The molecular formula is C28H39NO13. The molecule has 42 heavy (non-hydrogen) atoms. The molecule has 1 saturated carbocycles. The summed E-state index contributed by atoms with van der Waals surface area (Å²) in [6.07, 6.45) is -7.64. The van der Waals surface area contributed by atoms with E-state index < -0.39 is 84.3 Å². The summed E-state index contributed by atoms with van der Waals surface area (Å²) >= 11 is 0. The second kappa shape index (κ2) is 14.2. The summed E-state index contributed by atoms with van der Waals surface area (Å²) in [5.74, 6) is -5.78. The van der Waals surface area contributed by atoms with E-state index in [0.29, 0.717) is 12.8 Å². The molecule has 2 heterocycles. The molecule has 2 saturated heterocycles. The van der Waals surface area contributed by atoms with Crippen LogP contribution in [0.4, 0.5) is 0 Å². The summed E-state index contributed by atoms with van der Waals surface area (Å²) in [7, 11) is 1.07. The van der Waals surface area contributed by atoms with Crippen molar-refractivity contribution in [1.29, 1.82) is 0 Å². The number of esters is 4. The molecule has 14 nitrogen and oxygen atoms in total. The van der Waals surface area contributed by atoms with Gasteiger partial charge in [0.1, 0.15) is 5.78 Å². The quantitative estimate of drug-likeness (QED) is 0.223. The number of carbonyl (C=O) groups is 7. The number of hydrogen-bond donors (Lipinski definition) is 1. The molecule has 9 atom stereocenters. The second-order valence-corrected chi connectivity index (χ2v) is 11.3. The Balaban J connectivity index is 2.05. The smallest absolute Gasteiger partial charge is 0.339 e. The van der Waals surface area contributed by atoms with Crippen molar-refractivity contribution in [2.75, 3.05) is 7.11 Å². The minimum absolute atomic E-state index is 0.0197. The molecular weight excluding hydrogens is 558 g/mol. The van der Waals surface area contributed by atoms with Gasteiger partial charge in [0.05, 0.1) is 13.2 Å². The second-order valence-electron chi connectivity index (χ2n) is 11.3. The number of imide groups is 1. The standard InChI is InChI=1S/C28H39NO13/c1-12-7-13(2)22(35)18(8-12)19(9-17-10-20(33)29-21(34)11-17)41-28-26(40-16(5)32)24(39-15(4)31)23(38-14(3)30)25(42-28)27(36)37-6/h12-13,17-19,23-26,28H,7-11H2,1-6H3,(H,29,33,34). The van der Waals surface area contributed by atoms with Crippen LogP contribution in [-0.4, -0.2) is 85.4 Å². The molecule has 1 aliphatic carbocycles. The van der Waals surface area contributed by atoms with E-state index in [1.807, 2.05) is 13.8 Å². The van der Waals surface area contributed by atoms with Crippen LogP contribution < -0.4 is 5.32 Å². The van der Waals surface area contributed by atoms with Gasteiger partial charge in [-0.05, 0) is 31.1 Å². The Morgan fingerprint density at radius 1 is 0.857 bits per heavy atom. The third-order valence-electron chi connectivity index (χ3n) is 7.65. The predicted octanol–water partition coefficient (Wildman–Crippen LogP) is 0.759. The maximum Gasteiger partial charge on any atom is 0.339 e. The first-order valence-electron chi connectivity index (χ1n) is 14.0. The van der Waals surface area contributed by atoms with E-state index in [9.17, 15) is 33.6 Å². The number of ketones is 1. The molecule has 1 N–H and O–H groups in total. The van der Waals surface area contributed by atoms with E-state index in [1.54, 1.807) is 0 Å². The van der Waals surface area contributed by atoms with Crippen LogP contribution in [0.15, 0.2) is 0 Å². The average Bonchev–Trinajstić information content (AvgIpc) is 2.87. The Kier molecular flexibility index (Phi) is 11.2. The van der Waals surface area contributed by atoms with Gasteiger partial charge in [0.2, 0.25) is 11.8 Å². The van der Waals surface area contributed by atoms with Gasteiger partial charge in [-0.25, -0.2) is 4.79 Å². The summed E-state index contributed by atoms with van der Waals surface area (Å²) in [5, 5.41) is 2.25. The Hall–Kier alpha value is -3.39. The minimum Gasteiger partial charge on any atom is -0.467 e. The van der Waals surface area contributed by atoms with Crippen molar-refractivity contribution in [2.24, 2.45) is 23.7 Å². The topological polar surface area (TPSA) is 187 Å². The molecule has 0 aromatic rings. The van der Waals surface area contributed by atoms with Gasteiger partial charge in [0.15, 0.2) is 30.7 Å². The van der Waals surface area contributed by atoms with Crippen LogP contribution in [0, 0.1) is 23.7 Å². The van der Waals surface area contributed by atoms with Gasteiger partial charge in [-0.15, -0.1) is 0 Å². The van der Waals surface area contributed by atoms with Gasteiger partial charge >= 0.3 is 23.9 Å². The zero-order valence-corrected chi connectivity index (χ0v) is 24.6. The van der Waals surface area contributed by atoms with Crippen LogP contribution in [0.3, 0.4) is 0 Å². The fraction of sp³-hybridized carbons (Fsp3) is 0.750. The molecule has 2 amide bonds. The Labute approximate surface area is 243 Å². The summed E-state index contributed by atoms with van der Waals surface area (Å²) in [4.78, 5) is 86.8. The lowest BCUT2D eigenvalue weighted by Gasteiger charge is -2.45. The molecule has 9 unspecified atom stereocenters. The van der Waals surface area contributed by atoms with E-state index in [4.69, 9.17) is 28.4 Å². The Morgan fingerprint density at radius 3 is 1.95 bits per heavy atom. The summed E-state index contributed by atoms with van der Waals surface area (Å²) < 4.78 is 33.3. The first-order chi connectivity index (χ1) is 19.7. The third kappa shape index (κ3) is 8.34. The maximum absolute atomic E-state index is 13.4. The highest BCUT2D eigenvalue weighted by molar-refractivity contribution is 5.97. The molecule has 3 fully saturated rings. The molecule has 14 heteroatoms. The molecule has 0 aromatic carbocycles. The normalized spacial score (nSPS) is 32.8. The van der Waals surface area contributed by atoms with Crippen molar-refractivity contribution in [2.45, 2.75) is 104 Å². The van der Waals surface area contributed by atoms with Gasteiger partial charge in [0.25, 0.3) is 0 Å². The highest BCUT2D eigenvalue weighted by Crippen LogP contribution is 2.39. The molecule has 2 aliphatic heterocycles. The number of amides is 2. The highest BCUT2D eigenvalue weighted by Gasteiger charge is 2.56. The van der Waals surface area contributed by atoms with Crippen molar-refractivity contribution in [3.8, 4) is 0 Å². The van der Waals surface area contributed by atoms with Gasteiger partial charge < -0.3 is 28.4 Å². The van der Waals surface area contributed by atoms with Crippen molar-refractivity contribution in [3.05, 3.63) is 0 Å². The van der Waals surface area contributed by atoms with E-state index in [1.165, 1.54) is 0 Å². The molecule has 0 bridgehead atoms. The van der Waals surface area contributed by atoms with Crippen LogP contribution in [0.5, 0.6) is 0 Å². The highest BCUT2D eigenvalue weighted by atomic mass is 16.7. The van der Waals surface area contributed by atoms with E-state index >= 15 is 0 Å². The molecule has 0 radical (unpaired) electrons. The van der Waals surface area contributed by atoms with Gasteiger partial charge in [-0.2, -0.15) is 0 Å². The number of Topliss-reactive ketones (excluding diaryl/α,β-unsaturated/α-hetero) is 1. The van der Waals surface area contributed by atoms with E-state index in [2.05, 4.69) is 5.32 Å². The monoisotopic (exact) mass is 597 g/mol. The summed E-state index contributed by atoms with van der Waals surface area (Å²) in [6, 6.07) is 0. The van der Waals surface area contributed by atoms with Crippen molar-refractivity contribution in [1.82, 2.24) is 5.32 Å². The zero-order chi connectivity index (χ0) is 31.3. The predicted molar refractivity (Wildman–Crippen MR) is 139 cm³/mol. The van der Waals surface area contributed by atoms with Gasteiger partial charge in [-0.1, -0.05) is 13.8 Å². The Bertz CT molecular complexity index is 1070. The summed E-state index contributed by atoms with van der Waals surface area (Å²) in [6.45, 7) is 7.04. The minimum atomic E-state index is -1.66. The number of piperidine rings is 1. The van der Waals surface area contributed by atoms with Crippen molar-refractivity contribution in [3.63, 3.8) is 0 Å². The number of hydrogen-bond acceptors (Lipinski definition) is 13. The number of methoxy groups -OCH3 is 1. The number of ether oxygens (including phenoxy) is 6. The van der Waals surface area contributed by atoms with Crippen LogP contribution in [-0.2, 0) is 62.0 Å². The fourth-order valence-corrected chi connectivity index (χ4v) is 6.09. The van der Waals surface area contributed by atoms with Gasteiger partial charge in [-0.3, -0.25) is 34.1 Å².